The first-order valence-corrected chi connectivity index (χ1v) is 11.7. The lowest BCUT2D eigenvalue weighted by molar-refractivity contribution is 0.103. The van der Waals surface area contributed by atoms with E-state index in [2.05, 4.69) is 14.9 Å². The van der Waals surface area contributed by atoms with Gasteiger partial charge in [0.25, 0.3) is 0 Å². The summed E-state index contributed by atoms with van der Waals surface area (Å²) in [5.74, 6) is -0.597. The van der Waals surface area contributed by atoms with Crippen LogP contribution in [-0.2, 0) is 6.54 Å². The van der Waals surface area contributed by atoms with Crippen molar-refractivity contribution in [2.24, 2.45) is 0 Å². The number of carbonyl (C=O) groups is 1. The van der Waals surface area contributed by atoms with E-state index in [1.165, 1.54) is 24.3 Å². The number of benzene rings is 3. The molecule has 0 spiro atoms. The predicted octanol–water partition coefficient (Wildman–Crippen LogP) is 6.94. The number of H-pyrrole nitrogens is 1. The maximum Gasteiger partial charge on any atom is 0.200 e. The van der Waals surface area contributed by atoms with Gasteiger partial charge in [-0.1, -0.05) is 30.3 Å². The van der Waals surface area contributed by atoms with Crippen molar-refractivity contribution in [2.45, 2.75) is 19.9 Å². The molecule has 0 radical (unpaired) electrons. The van der Waals surface area contributed by atoms with Crippen molar-refractivity contribution in [3.05, 3.63) is 101 Å². The summed E-state index contributed by atoms with van der Waals surface area (Å²) in [6.07, 6.45) is 0.871. The number of hydrogen-bond acceptors (Lipinski definition) is 2. The highest BCUT2D eigenvalue weighted by Gasteiger charge is 2.33. The molecular formula is C29H23F2N3O. The molecule has 1 aliphatic heterocycles. The Labute approximate surface area is 201 Å². The van der Waals surface area contributed by atoms with E-state index in [1.807, 2.05) is 31.2 Å². The third kappa shape index (κ3) is 3.36. The first-order valence-electron chi connectivity index (χ1n) is 11.7. The lowest BCUT2D eigenvalue weighted by atomic mass is 9.91. The van der Waals surface area contributed by atoms with E-state index in [0.717, 1.165) is 45.4 Å². The summed E-state index contributed by atoms with van der Waals surface area (Å²) in [6.45, 7) is 3.37. The SMILES string of the molecule is Cc1[nH]c2ccccc2c1-c1c(C(=O)c2ccccc2F)c2n(c1-c1ccc(F)cc1)CCCN2. The summed E-state index contributed by atoms with van der Waals surface area (Å²) < 4.78 is 30.8. The topological polar surface area (TPSA) is 49.8 Å². The highest BCUT2D eigenvalue weighted by molar-refractivity contribution is 6.20. The van der Waals surface area contributed by atoms with Crippen LogP contribution in [0.1, 0.15) is 28.0 Å². The standard InChI is InChI=1S/C29H23F2N3O/c1-17-24(21-8-3-5-10-23(21)33-17)25-26(28(35)20-7-2-4-9-22(20)31)29-32-15-6-16-34(29)27(25)18-11-13-19(30)14-12-18/h2-5,7-14,32-33H,6,15-16H2,1H3. The summed E-state index contributed by atoms with van der Waals surface area (Å²) in [6, 6.07) is 20.3. The number of fused-ring (bicyclic) bond motifs is 2. The van der Waals surface area contributed by atoms with Gasteiger partial charge in [-0.05, 0) is 61.4 Å². The van der Waals surface area contributed by atoms with Gasteiger partial charge in [0, 0.05) is 40.8 Å². The van der Waals surface area contributed by atoms with Gasteiger partial charge in [-0.2, -0.15) is 0 Å². The van der Waals surface area contributed by atoms with Crippen LogP contribution in [0.15, 0.2) is 72.8 Å². The molecule has 174 valence electrons. The van der Waals surface area contributed by atoms with Gasteiger partial charge in [0.2, 0.25) is 0 Å². The van der Waals surface area contributed by atoms with Gasteiger partial charge in [-0.3, -0.25) is 4.79 Å². The Morgan fingerprint density at radius 1 is 0.914 bits per heavy atom. The number of nitrogens with zero attached hydrogens (tertiary/aromatic N) is 1. The van der Waals surface area contributed by atoms with Crippen LogP contribution in [0.3, 0.4) is 0 Å². The Hall–Kier alpha value is -4.19. The zero-order valence-corrected chi connectivity index (χ0v) is 19.2. The fourth-order valence-corrected chi connectivity index (χ4v) is 5.22. The lowest BCUT2D eigenvalue weighted by Gasteiger charge is -2.20. The van der Waals surface area contributed by atoms with Crippen LogP contribution in [0.2, 0.25) is 0 Å². The molecule has 0 saturated heterocycles. The fourth-order valence-electron chi connectivity index (χ4n) is 5.22. The third-order valence-electron chi connectivity index (χ3n) is 6.72. The van der Waals surface area contributed by atoms with Gasteiger partial charge in [0.1, 0.15) is 17.5 Å². The van der Waals surface area contributed by atoms with Crippen LogP contribution in [0.5, 0.6) is 0 Å². The monoisotopic (exact) mass is 467 g/mol. The molecule has 0 saturated carbocycles. The fraction of sp³-hybridized carbons (Fsp3) is 0.138. The predicted molar refractivity (Wildman–Crippen MR) is 135 cm³/mol. The quantitative estimate of drug-likeness (QED) is 0.281. The molecule has 2 aromatic heterocycles. The van der Waals surface area contributed by atoms with Crippen molar-refractivity contribution >= 4 is 22.5 Å². The number of aryl methyl sites for hydroxylation is 1. The average molecular weight is 468 g/mol. The second-order valence-electron chi connectivity index (χ2n) is 8.87. The smallest absolute Gasteiger partial charge is 0.200 e. The molecule has 0 aliphatic carbocycles. The van der Waals surface area contributed by atoms with Crippen molar-refractivity contribution < 1.29 is 13.6 Å². The van der Waals surface area contributed by atoms with Crippen LogP contribution in [0.4, 0.5) is 14.6 Å². The number of anilines is 1. The largest absolute Gasteiger partial charge is 0.371 e. The molecule has 0 fully saturated rings. The molecule has 4 nitrogen and oxygen atoms in total. The second kappa shape index (κ2) is 8.24. The van der Waals surface area contributed by atoms with Gasteiger partial charge >= 0.3 is 0 Å². The maximum absolute atomic E-state index is 14.8. The lowest BCUT2D eigenvalue weighted by Crippen LogP contribution is -2.19. The molecule has 0 amide bonds. The Bertz CT molecular complexity index is 1590. The molecule has 35 heavy (non-hydrogen) atoms. The average Bonchev–Trinajstić information content (AvgIpc) is 3.38. The molecule has 0 atom stereocenters. The van der Waals surface area contributed by atoms with Crippen molar-refractivity contribution in [1.82, 2.24) is 9.55 Å². The number of carbonyl (C=O) groups excluding carboxylic acids is 1. The van der Waals surface area contributed by atoms with Gasteiger partial charge in [-0.15, -0.1) is 0 Å². The van der Waals surface area contributed by atoms with E-state index in [0.29, 0.717) is 24.5 Å². The molecule has 3 heterocycles. The normalized spacial score (nSPS) is 13.0. The first kappa shape index (κ1) is 21.4. The molecule has 6 heteroatoms. The van der Waals surface area contributed by atoms with Crippen molar-refractivity contribution in [2.75, 3.05) is 11.9 Å². The Kier molecular flexibility index (Phi) is 5.02. The Balaban J connectivity index is 1.75. The molecule has 6 rings (SSSR count). The molecule has 0 bridgehead atoms. The van der Waals surface area contributed by atoms with Gasteiger partial charge in [-0.25, -0.2) is 8.78 Å². The van der Waals surface area contributed by atoms with Crippen LogP contribution in [-0.4, -0.2) is 21.9 Å². The van der Waals surface area contributed by atoms with Crippen LogP contribution < -0.4 is 5.32 Å². The maximum atomic E-state index is 14.8. The van der Waals surface area contributed by atoms with Gasteiger partial charge in [0.05, 0.1) is 16.8 Å². The number of hydrogen-bond donors (Lipinski definition) is 2. The number of halogens is 2. The summed E-state index contributed by atoms with van der Waals surface area (Å²) in [5, 5.41) is 4.38. The highest BCUT2D eigenvalue weighted by atomic mass is 19.1. The van der Waals surface area contributed by atoms with E-state index in [1.54, 1.807) is 24.3 Å². The molecule has 2 N–H and O–H groups in total. The summed E-state index contributed by atoms with van der Waals surface area (Å²) in [5.41, 5.74) is 5.54. The summed E-state index contributed by atoms with van der Waals surface area (Å²) in [7, 11) is 0. The van der Waals surface area contributed by atoms with Crippen molar-refractivity contribution in [3.63, 3.8) is 0 Å². The number of nitrogens with one attached hydrogen (secondary N) is 2. The number of aromatic nitrogens is 2. The second-order valence-corrected chi connectivity index (χ2v) is 8.87. The van der Waals surface area contributed by atoms with Crippen LogP contribution >= 0.6 is 0 Å². The van der Waals surface area contributed by atoms with E-state index in [4.69, 9.17) is 0 Å². The number of ketones is 1. The molecular weight excluding hydrogens is 444 g/mol. The van der Waals surface area contributed by atoms with Gasteiger partial charge in [0.15, 0.2) is 5.78 Å². The number of para-hydroxylation sites is 1. The van der Waals surface area contributed by atoms with Gasteiger partial charge < -0.3 is 14.9 Å². The minimum absolute atomic E-state index is 0.0256. The number of aromatic amines is 1. The Morgan fingerprint density at radius 2 is 1.66 bits per heavy atom. The van der Waals surface area contributed by atoms with Crippen molar-refractivity contribution in [1.29, 1.82) is 0 Å². The highest BCUT2D eigenvalue weighted by Crippen LogP contribution is 2.47. The molecule has 3 aromatic carbocycles. The zero-order valence-electron chi connectivity index (χ0n) is 19.2. The van der Waals surface area contributed by atoms with E-state index in [9.17, 15) is 13.6 Å². The summed E-state index contributed by atoms with van der Waals surface area (Å²) >= 11 is 0. The molecule has 0 unspecified atom stereocenters. The van der Waals surface area contributed by atoms with Crippen LogP contribution in [0, 0.1) is 18.6 Å². The first-order chi connectivity index (χ1) is 17.0. The van der Waals surface area contributed by atoms with E-state index < -0.39 is 5.82 Å². The molecule has 5 aromatic rings. The van der Waals surface area contributed by atoms with E-state index in [-0.39, 0.29) is 17.2 Å². The Morgan fingerprint density at radius 3 is 2.46 bits per heavy atom. The minimum Gasteiger partial charge on any atom is -0.371 e. The minimum atomic E-state index is -0.557. The van der Waals surface area contributed by atoms with Crippen LogP contribution in [0.25, 0.3) is 33.3 Å². The third-order valence-corrected chi connectivity index (χ3v) is 6.72. The van der Waals surface area contributed by atoms with E-state index >= 15 is 0 Å². The number of rotatable bonds is 4. The summed E-state index contributed by atoms with van der Waals surface area (Å²) in [4.78, 5) is 17.5. The molecule has 1 aliphatic rings. The van der Waals surface area contributed by atoms with Crippen molar-refractivity contribution in [3.8, 4) is 22.4 Å². The zero-order chi connectivity index (χ0) is 24.1.